The average Bonchev–Trinajstić information content (AvgIpc) is 3.27. The van der Waals surface area contributed by atoms with Crippen LogP contribution in [0.2, 0.25) is 0 Å². The second-order valence-corrected chi connectivity index (χ2v) is 6.33. The first-order valence-electron chi connectivity index (χ1n) is 7.22. The van der Waals surface area contributed by atoms with Crippen molar-refractivity contribution in [2.24, 2.45) is 0 Å². The molecule has 0 saturated carbocycles. The van der Waals surface area contributed by atoms with Crippen LogP contribution in [0.3, 0.4) is 0 Å². The molecule has 0 aromatic carbocycles. The van der Waals surface area contributed by atoms with Crippen molar-refractivity contribution in [1.82, 2.24) is 29.9 Å². The number of rotatable bonds is 3. The van der Waals surface area contributed by atoms with Crippen LogP contribution in [0.25, 0.3) is 10.8 Å². The molecule has 4 rings (SSSR count). The maximum absolute atomic E-state index is 5.84. The lowest BCUT2D eigenvalue weighted by Crippen LogP contribution is -2.36. The first-order valence-corrected chi connectivity index (χ1v) is 8.10. The molecule has 114 valence electrons. The molecule has 7 nitrogen and oxygen atoms in total. The Balaban J connectivity index is 1.54. The van der Waals surface area contributed by atoms with E-state index in [0.29, 0.717) is 11.8 Å². The highest BCUT2D eigenvalue weighted by Crippen LogP contribution is 2.28. The van der Waals surface area contributed by atoms with Gasteiger partial charge in [-0.1, -0.05) is 6.07 Å². The molecule has 1 atom stereocenters. The number of hydrogen-bond acceptors (Lipinski definition) is 7. The Hall–Kier alpha value is -2.06. The van der Waals surface area contributed by atoms with Crippen LogP contribution in [0.4, 0.5) is 0 Å². The molecule has 0 amide bonds. The molecule has 8 heteroatoms. The summed E-state index contributed by atoms with van der Waals surface area (Å²) in [7, 11) is 0. The number of thiophene rings is 1. The minimum atomic E-state index is 0.0620. The van der Waals surface area contributed by atoms with E-state index in [4.69, 9.17) is 4.42 Å². The fourth-order valence-electron chi connectivity index (χ4n) is 2.71. The van der Waals surface area contributed by atoms with Gasteiger partial charge in [-0.3, -0.25) is 4.90 Å². The Labute approximate surface area is 131 Å². The fraction of sp³-hybridized carbons (Fsp3) is 0.429. The zero-order valence-electron chi connectivity index (χ0n) is 12.4. The minimum absolute atomic E-state index is 0.0620. The van der Waals surface area contributed by atoms with Crippen molar-refractivity contribution >= 4 is 11.3 Å². The molecule has 0 aliphatic carbocycles. The molecule has 0 spiro atoms. The summed E-state index contributed by atoms with van der Waals surface area (Å²) in [5, 5.41) is 18.7. The molecule has 1 aliphatic rings. The molecule has 0 N–H and O–H groups in total. The number of aromatic nitrogens is 5. The van der Waals surface area contributed by atoms with Crippen LogP contribution < -0.4 is 0 Å². The predicted molar refractivity (Wildman–Crippen MR) is 81.2 cm³/mol. The van der Waals surface area contributed by atoms with Gasteiger partial charge in [0.05, 0.1) is 17.5 Å². The van der Waals surface area contributed by atoms with E-state index in [1.54, 1.807) is 11.3 Å². The summed E-state index contributed by atoms with van der Waals surface area (Å²) >= 11 is 1.60. The van der Waals surface area contributed by atoms with E-state index in [0.717, 1.165) is 36.2 Å². The SMILES string of the molecule is Cc1nnc2n1CCN([C@H](C)c1nnc(-c3cccs3)o1)C2. The molecular formula is C14H16N6OS. The number of fused-ring (bicyclic) bond motifs is 1. The molecule has 22 heavy (non-hydrogen) atoms. The zero-order valence-corrected chi connectivity index (χ0v) is 13.2. The Bertz CT molecular complexity index is 777. The van der Waals surface area contributed by atoms with Crippen LogP contribution in [0, 0.1) is 6.92 Å². The summed E-state index contributed by atoms with van der Waals surface area (Å²) in [6, 6.07) is 4.03. The van der Waals surface area contributed by atoms with Gasteiger partial charge in [-0.15, -0.1) is 31.7 Å². The van der Waals surface area contributed by atoms with Crippen molar-refractivity contribution in [2.75, 3.05) is 6.54 Å². The van der Waals surface area contributed by atoms with E-state index >= 15 is 0 Å². The Morgan fingerprint density at radius 3 is 2.95 bits per heavy atom. The summed E-state index contributed by atoms with van der Waals surface area (Å²) in [5.74, 6) is 3.20. The van der Waals surface area contributed by atoms with E-state index < -0.39 is 0 Å². The van der Waals surface area contributed by atoms with Gasteiger partial charge in [0.25, 0.3) is 5.89 Å². The van der Waals surface area contributed by atoms with Crippen LogP contribution >= 0.6 is 11.3 Å². The van der Waals surface area contributed by atoms with Gasteiger partial charge in [0.1, 0.15) is 11.6 Å². The van der Waals surface area contributed by atoms with Crippen molar-refractivity contribution < 1.29 is 4.42 Å². The number of hydrogen-bond donors (Lipinski definition) is 0. The van der Waals surface area contributed by atoms with Crippen molar-refractivity contribution in [3.8, 4) is 10.8 Å². The van der Waals surface area contributed by atoms with Gasteiger partial charge in [-0.05, 0) is 25.3 Å². The molecule has 0 fully saturated rings. The average molecular weight is 316 g/mol. The van der Waals surface area contributed by atoms with Gasteiger partial charge < -0.3 is 8.98 Å². The third kappa shape index (κ3) is 2.24. The van der Waals surface area contributed by atoms with Gasteiger partial charge in [-0.2, -0.15) is 0 Å². The van der Waals surface area contributed by atoms with Crippen LogP contribution in [-0.4, -0.2) is 36.4 Å². The topological polar surface area (TPSA) is 72.9 Å². The summed E-state index contributed by atoms with van der Waals surface area (Å²) in [5.41, 5.74) is 0. The smallest absolute Gasteiger partial charge is 0.257 e. The predicted octanol–water partition coefficient (Wildman–Crippen LogP) is 2.27. The Morgan fingerprint density at radius 1 is 1.23 bits per heavy atom. The summed E-state index contributed by atoms with van der Waals surface area (Å²) in [6.45, 7) is 6.64. The third-order valence-electron chi connectivity index (χ3n) is 4.05. The number of nitrogens with zero attached hydrogens (tertiary/aromatic N) is 6. The molecule has 0 unspecified atom stereocenters. The quantitative estimate of drug-likeness (QED) is 0.738. The van der Waals surface area contributed by atoms with Crippen LogP contribution in [0.15, 0.2) is 21.9 Å². The maximum Gasteiger partial charge on any atom is 0.257 e. The van der Waals surface area contributed by atoms with Crippen LogP contribution in [-0.2, 0) is 13.1 Å². The van der Waals surface area contributed by atoms with Crippen LogP contribution in [0.5, 0.6) is 0 Å². The zero-order chi connectivity index (χ0) is 15.1. The molecule has 3 aromatic heterocycles. The second-order valence-electron chi connectivity index (χ2n) is 5.38. The van der Waals surface area contributed by atoms with E-state index in [1.165, 1.54) is 0 Å². The molecule has 1 aliphatic heterocycles. The highest BCUT2D eigenvalue weighted by molar-refractivity contribution is 7.13. The molecule has 0 radical (unpaired) electrons. The lowest BCUT2D eigenvalue weighted by Gasteiger charge is -2.30. The summed E-state index contributed by atoms with van der Waals surface area (Å²) < 4.78 is 8.00. The summed E-state index contributed by atoms with van der Waals surface area (Å²) in [6.07, 6.45) is 0. The van der Waals surface area contributed by atoms with Gasteiger partial charge in [0, 0.05) is 13.1 Å². The summed E-state index contributed by atoms with van der Waals surface area (Å²) in [4.78, 5) is 3.29. The van der Waals surface area contributed by atoms with Gasteiger partial charge in [0.2, 0.25) is 5.89 Å². The monoisotopic (exact) mass is 316 g/mol. The van der Waals surface area contributed by atoms with Crippen LogP contribution in [0.1, 0.15) is 30.5 Å². The first kappa shape index (κ1) is 13.6. The van der Waals surface area contributed by atoms with Crippen molar-refractivity contribution in [1.29, 1.82) is 0 Å². The Morgan fingerprint density at radius 2 is 2.14 bits per heavy atom. The van der Waals surface area contributed by atoms with E-state index in [1.807, 2.05) is 24.4 Å². The van der Waals surface area contributed by atoms with Crippen molar-refractivity contribution in [3.63, 3.8) is 0 Å². The van der Waals surface area contributed by atoms with Crippen molar-refractivity contribution in [2.45, 2.75) is 33.0 Å². The van der Waals surface area contributed by atoms with Gasteiger partial charge >= 0.3 is 0 Å². The minimum Gasteiger partial charge on any atom is -0.418 e. The van der Waals surface area contributed by atoms with Gasteiger partial charge in [-0.25, -0.2) is 0 Å². The first-order chi connectivity index (χ1) is 10.7. The molecule has 3 aromatic rings. The lowest BCUT2D eigenvalue weighted by molar-refractivity contribution is 0.142. The highest BCUT2D eigenvalue weighted by atomic mass is 32.1. The third-order valence-corrected chi connectivity index (χ3v) is 4.90. The lowest BCUT2D eigenvalue weighted by atomic mass is 10.2. The number of aryl methyl sites for hydroxylation is 1. The fourth-order valence-corrected chi connectivity index (χ4v) is 3.36. The normalized spacial score (nSPS) is 16.6. The molecule has 0 bridgehead atoms. The highest BCUT2D eigenvalue weighted by Gasteiger charge is 2.27. The van der Waals surface area contributed by atoms with Crippen molar-refractivity contribution in [3.05, 3.63) is 35.1 Å². The standard InChI is InChI=1S/C14H16N6OS/c1-9(13-17-18-14(21-13)11-4-3-7-22-11)19-5-6-20-10(2)15-16-12(20)8-19/h3-4,7,9H,5-6,8H2,1-2H3/t9-/m1/s1. The largest absolute Gasteiger partial charge is 0.418 e. The molecule has 4 heterocycles. The van der Waals surface area contributed by atoms with E-state index in [9.17, 15) is 0 Å². The Kier molecular flexibility index (Phi) is 3.27. The molecular weight excluding hydrogens is 300 g/mol. The van der Waals surface area contributed by atoms with E-state index in [2.05, 4.69) is 36.8 Å². The van der Waals surface area contributed by atoms with Gasteiger partial charge in [0.15, 0.2) is 0 Å². The van der Waals surface area contributed by atoms with E-state index in [-0.39, 0.29) is 6.04 Å². The maximum atomic E-state index is 5.84. The molecule has 0 saturated heterocycles. The second kappa shape index (κ2) is 5.29.